The first-order chi connectivity index (χ1) is 13.6. The SMILES string of the molecule is CCOC(C(=O)OCC1CCCN1C(C)C)(c1ccccc1)c1ccccc1.Cl. The van der Waals surface area contributed by atoms with Crippen LogP contribution in [0.4, 0.5) is 0 Å². The van der Waals surface area contributed by atoms with Crippen LogP contribution in [-0.4, -0.2) is 42.7 Å². The maximum Gasteiger partial charge on any atom is 0.347 e. The summed E-state index contributed by atoms with van der Waals surface area (Å²) < 4.78 is 12.1. The summed E-state index contributed by atoms with van der Waals surface area (Å²) in [5, 5.41) is 0. The molecule has 0 aromatic heterocycles. The van der Waals surface area contributed by atoms with Crippen LogP contribution in [0.5, 0.6) is 0 Å². The summed E-state index contributed by atoms with van der Waals surface area (Å²) in [5.41, 5.74) is 0.332. The average Bonchev–Trinajstić information content (AvgIpc) is 3.20. The van der Waals surface area contributed by atoms with Gasteiger partial charge in [-0.15, -0.1) is 12.4 Å². The van der Waals surface area contributed by atoms with Gasteiger partial charge in [0.2, 0.25) is 5.60 Å². The van der Waals surface area contributed by atoms with Crippen LogP contribution >= 0.6 is 12.4 Å². The normalized spacial score (nSPS) is 17.2. The molecule has 3 rings (SSSR count). The fourth-order valence-electron chi connectivity index (χ4n) is 4.18. The molecular formula is C24H32ClNO3. The summed E-state index contributed by atoms with van der Waals surface area (Å²) >= 11 is 0. The maximum atomic E-state index is 13.5. The Morgan fingerprint density at radius 2 is 1.62 bits per heavy atom. The van der Waals surface area contributed by atoms with E-state index in [-0.39, 0.29) is 24.4 Å². The van der Waals surface area contributed by atoms with E-state index in [0.29, 0.717) is 19.3 Å². The topological polar surface area (TPSA) is 38.8 Å². The van der Waals surface area contributed by atoms with Crippen LogP contribution in [0.3, 0.4) is 0 Å². The zero-order valence-corrected chi connectivity index (χ0v) is 18.4. The van der Waals surface area contributed by atoms with Crippen LogP contribution in [0.1, 0.15) is 44.7 Å². The summed E-state index contributed by atoms with van der Waals surface area (Å²) in [4.78, 5) is 15.9. The molecule has 2 aromatic carbocycles. The van der Waals surface area contributed by atoms with E-state index in [4.69, 9.17) is 9.47 Å². The van der Waals surface area contributed by atoms with Crippen LogP contribution < -0.4 is 0 Å². The molecular weight excluding hydrogens is 386 g/mol. The van der Waals surface area contributed by atoms with Crippen molar-refractivity contribution in [1.29, 1.82) is 0 Å². The molecule has 1 heterocycles. The molecule has 4 nitrogen and oxygen atoms in total. The van der Waals surface area contributed by atoms with E-state index >= 15 is 0 Å². The van der Waals surface area contributed by atoms with E-state index in [1.165, 1.54) is 0 Å². The number of carbonyl (C=O) groups excluding carboxylic acids is 1. The minimum absolute atomic E-state index is 0. The van der Waals surface area contributed by atoms with Gasteiger partial charge >= 0.3 is 5.97 Å². The molecule has 0 spiro atoms. The largest absolute Gasteiger partial charge is 0.461 e. The Labute approximate surface area is 180 Å². The Balaban J connectivity index is 0.00000300. The molecule has 1 aliphatic rings. The smallest absolute Gasteiger partial charge is 0.347 e. The zero-order chi connectivity index (χ0) is 20.0. The molecule has 1 aliphatic heterocycles. The van der Waals surface area contributed by atoms with Crippen LogP contribution in [0.15, 0.2) is 60.7 Å². The summed E-state index contributed by atoms with van der Waals surface area (Å²) in [5.74, 6) is -0.345. The number of halogens is 1. The third kappa shape index (κ3) is 5.00. The number of nitrogens with zero attached hydrogens (tertiary/aromatic N) is 1. The minimum Gasteiger partial charge on any atom is -0.461 e. The third-order valence-electron chi connectivity index (χ3n) is 5.50. The number of hydrogen-bond donors (Lipinski definition) is 0. The number of likely N-dealkylation sites (tertiary alicyclic amines) is 1. The molecule has 0 saturated carbocycles. The first kappa shape index (κ1) is 23.4. The van der Waals surface area contributed by atoms with E-state index in [1.807, 2.05) is 67.6 Å². The second kappa shape index (κ2) is 10.8. The molecule has 0 N–H and O–H groups in total. The summed E-state index contributed by atoms with van der Waals surface area (Å²) in [7, 11) is 0. The van der Waals surface area contributed by atoms with Gasteiger partial charge in [0.25, 0.3) is 0 Å². The van der Waals surface area contributed by atoms with Gasteiger partial charge in [0.1, 0.15) is 6.61 Å². The van der Waals surface area contributed by atoms with Crippen molar-refractivity contribution in [3.8, 4) is 0 Å². The predicted octanol–water partition coefficient (Wildman–Crippen LogP) is 4.80. The number of carbonyl (C=O) groups is 1. The Morgan fingerprint density at radius 1 is 1.07 bits per heavy atom. The van der Waals surface area contributed by atoms with Gasteiger partial charge < -0.3 is 9.47 Å². The monoisotopic (exact) mass is 417 g/mol. The van der Waals surface area contributed by atoms with Crippen molar-refractivity contribution < 1.29 is 14.3 Å². The lowest BCUT2D eigenvalue weighted by Crippen LogP contribution is -2.44. The van der Waals surface area contributed by atoms with Gasteiger partial charge in [0.15, 0.2) is 0 Å². The molecule has 158 valence electrons. The van der Waals surface area contributed by atoms with Crippen molar-refractivity contribution in [1.82, 2.24) is 4.90 Å². The van der Waals surface area contributed by atoms with Crippen molar-refractivity contribution in [2.45, 2.75) is 51.3 Å². The Morgan fingerprint density at radius 3 is 2.10 bits per heavy atom. The Hall–Kier alpha value is -1.88. The van der Waals surface area contributed by atoms with Crippen LogP contribution in [0.2, 0.25) is 0 Å². The van der Waals surface area contributed by atoms with Gasteiger partial charge in [-0.1, -0.05) is 60.7 Å². The second-order valence-electron chi connectivity index (χ2n) is 7.57. The molecule has 29 heavy (non-hydrogen) atoms. The second-order valence-corrected chi connectivity index (χ2v) is 7.57. The molecule has 1 saturated heterocycles. The molecule has 1 atom stereocenters. The highest BCUT2D eigenvalue weighted by atomic mass is 35.5. The fourth-order valence-corrected chi connectivity index (χ4v) is 4.18. The number of hydrogen-bond acceptors (Lipinski definition) is 4. The van der Waals surface area contributed by atoms with E-state index in [0.717, 1.165) is 30.5 Å². The van der Waals surface area contributed by atoms with Gasteiger partial charge in [-0.3, -0.25) is 4.90 Å². The fraction of sp³-hybridized carbons (Fsp3) is 0.458. The maximum absolute atomic E-state index is 13.5. The van der Waals surface area contributed by atoms with Crippen LogP contribution in [0.25, 0.3) is 0 Å². The first-order valence-electron chi connectivity index (χ1n) is 10.3. The van der Waals surface area contributed by atoms with Crippen molar-refractivity contribution in [3.63, 3.8) is 0 Å². The van der Waals surface area contributed by atoms with E-state index in [1.54, 1.807) is 0 Å². The van der Waals surface area contributed by atoms with Gasteiger partial charge in [-0.2, -0.15) is 0 Å². The van der Waals surface area contributed by atoms with Gasteiger partial charge in [0, 0.05) is 18.7 Å². The molecule has 2 aromatic rings. The van der Waals surface area contributed by atoms with Crippen molar-refractivity contribution in [2.24, 2.45) is 0 Å². The van der Waals surface area contributed by atoms with Crippen molar-refractivity contribution >= 4 is 18.4 Å². The van der Waals surface area contributed by atoms with Crippen molar-refractivity contribution in [2.75, 3.05) is 19.8 Å². The average molecular weight is 418 g/mol. The molecule has 5 heteroatoms. The molecule has 0 aliphatic carbocycles. The standard InChI is InChI=1S/C24H31NO3.ClH/c1-4-28-24(20-12-7-5-8-13-20,21-14-9-6-10-15-21)23(26)27-18-22-16-11-17-25(22)19(2)3;/h5-10,12-15,19,22H,4,11,16-18H2,1-3H3;1H. The van der Waals surface area contributed by atoms with E-state index in [9.17, 15) is 4.79 Å². The highest BCUT2D eigenvalue weighted by molar-refractivity contribution is 5.86. The number of ether oxygens (including phenoxy) is 2. The minimum atomic E-state index is -1.25. The predicted molar refractivity (Wildman–Crippen MR) is 118 cm³/mol. The first-order valence-corrected chi connectivity index (χ1v) is 10.3. The lowest BCUT2D eigenvalue weighted by Gasteiger charge is -2.34. The quantitative estimate of drug-likeness (QED) is 0.578. The zero-order valence-electron chi connectivity index (χ0n) is 17.5. The van der Waals surface area contributed by atoms with Crippen LogP contribution in [0, 0.1) is 0 Å². The van der Waals surface area contributed by atoms with Crippen molar-refractivity contribution in [3.05, 3.63) is 71.8 Å². The number of benzene rings is 2. The third-order valence-corrected chi connectivity index (χ3v) is 5.50. The molecule has 1 fully saturated rings. The molecule has 1 unspecified atom stereocenters. The van der Waals surface area contributed by atoms with E-state index in [2.05, 4.69) is 18.7 Å². The summed E-state index contributed by atoms with van der Waals surface area (Å²) in [6.45, 7) is 8.16. The number of esters is 1. The van der Waals surface area contributed by atoms with Gasteiger partial charge in [-0.25, -0.2) is 4.79 Å². The summed E-state index contributed by atoms with van der Waals surface area (Å²) in [6, 6.07) is 20.0. The molecule has 0 radical (unpaired) electrons. The van der Waals surface area contributed by atoms with E-state index < -0.39 is 5.60 Å². The van der Waals surface area contributed by atoms with Crippen LogP contribution in [-0.2, 0) is 19.9 Å². The van der Waals surface area contributed by atoms with Gasteiger partial charge in [-0.05, 0) is 51.3 Å². The number of rotatable bonds is 8. The molecule has 0 bridgehead atoms. The summed E-state index contributed by atoms with van der Waals surface area (Å²) in [6.07, 6.45) is 2.21. The van der Waals surface area contributed by atoms with Gasteiger partial charge in [0.05, 0.1) is 0 Å². The highest BCUT2D eigenvalue weighted by Crippen LogP contribution is 2.35. The molecule has 0 amide bonds. The Kier molecular flexibility index (Phi) is 8.69. The lowest BCUT2D eigenvalue weighted by atomic mass is 9.86. The highest BCUT2D eigenvalue weighted by Gasteiger charge is 2.45. The lowest BCUT2D eigenvalue weighted by molar-refractivity contribution is -0.170. The Bertz CT molecular complexity index is 712.